The topological polar surface area (TPSA) is 83.6 Å². The minimum Gasteiger partial charge on any atom is -0.480 e. The third-order valence-corrected chi connectivity index (χ3v) is 3.05. The highest BCUT2D eigenvalue weighted by Gasteiger charge is 2.19. The van der Waals surface area contributed by atoms with Gasteiger partial charge in [0.2, 0.25) is 0 Å². The number of oxazole rings is 1. The van der Waals surface area contributed by atoms with Crippen molar-refractivity contribution < 1.29 is 19.1 Å². The van der Waals surface area contributed by atoms with Crippen molar-refractivity contribution in [3.8, 4) is 11.3 Å². The van der Waals surface area contributed by atoms with Crippen LogP contribution in [0.2, 0.25) is 0 Å². The molecule has 116 valence electrons. The number of aromatic nitrogens is 1. The van der Waals surface area contributed by atoms with Crippen LogP contribution in [0, 0.1) is 5.92 Å². The molecule has 0 unspecified atom stereocenters. The van der Waals surface area contributed by atoms with Crippen molar-refractivity contribution in [2.45, 2.75) is 13.8 Å². The monoisotopic (exact) mass is 302 g/mol. The zero-order valence-corrected chi connectivity index (χ0v) is 12.5. The number of benzene rings is 1. The third kappa shape index (κ3) is 3.94. The van der Waals surface area contributed by atoms with E-state index in [1.807, 2.05) is 13.8 Å². The van der Waals surface area contributed by atoms with Gasteiger partial charge in [0, 0.05) is 17.7 Å². The van der Waals surface area contributed by atoms with Gasteiger partial charge in [-0.1, -0.05) is 26.0 Å². The molecule has 1 heterocycles. The highest BCUT2D eigenvalue weighted by molar-refractivity contribution is 5.96. The average Bonchev–Trinajstić information content (AvgIpc) is 2.99. The van der Waals surface area contributed by atoms with Crippen LogP contribution >= 0.6 is 0 Å². The van der Waals surface area contributed by atoms with Crippen molar-refractivity contribution in [2.24, 2.45) is 5.92 Å². The molecule has 0 atom stereocenters. The Labute approximate surface area is 128 Å². The molecule has 2 rings (SSSR count). The van der Waals surface area contributed by atoms with Crippen LogP contribution in [0.3, 0.4) is 0 Å². The minimum absolute atomic E-state index is 0.191. The van der Waals surface area contributed by atoms with Crippen LogP contribution < -0.4 is 0 Å². The van der Waals surface area contributed by atoms with Crippen molar-refractivity contribution >= 4 is 11.9 Å². The van der Waals surface area contributed by atoms with Crippen LogP contribution in [0.15, 0.2) is 41.3 Å². The standard InChI is InChI=1S/C16H18N2O4/c1-11(2)8-18(9-15(19)20)16(21)13-5-3-12(4-6-13)14-7-17-10-22-14/h3-7,10-11H,8-9H2,1-2H3,(H,19,20). The number of carbonyl (C=O) groups is 2. The van der Waals surface area contributed by atoms with E-state index in [0.717, 1.165) is 5.56 Å². The summed E-state index contributed by atoms with van der Waals surface area (Å²) in [6, 6.07) is 6.83. The second kappa shape index (κ2) is 6.89. The number of carboxylic acid groups (broad SMARTS) is 1. The van der Waals surface area contributed by atoms with E-state index in [2.05, 4.69) is 4.98 Å². The van der Waals surface area contributed by atoms with Crippen molar-refractivity contribution in [3.63, 3.8) is 0 Å². The molecule has 1 N–H and O–H groups in total. The molecule has 1 aromatic heterocycles. The number of nitrogens with zero attached hydrogens (tertiary/aromatic N) is 2. The Morgan fingerprint density at radius 1 is 1.27 bits per heavy atom. The maximum absolute atomic E-state index is 12.4. The number of aliphatic carboxylic acids is 1. The Hall–Kier alpha value is -2.63. The lowest BCUT2D eigenvalue weighted by molar-refractivity contribution is -0.137. The molecule has 6 heteroatoms. The summed E-state index contributed by atoms with van der Waals surface area (Å²) in [6.07, 6.45) is 2.93. The van der Waals surface area contributed by atoms with Crippen LogP contribution in [0.25, 0.3) is 11.3 Å². The Morgan fingerprint density at radius 2 is 1.95 bits per heavy atom. The Kier molecular flexibility index (Phi) is 4.93. The molecule has 0 aliphatic rings. The van der Waals surface area contributed by atoms with Crippen molar-refractivity contribution in [1.82, 2.24) is 9.88 Å². The number of hydrogen-bond acceptors (Lipinski definition) is 4. The molecule has 0 bridgehead atoms. The lowest BCUT2D eigenvalue weighted by atomic mass is 10.1. The van der Waals surface area contributed by atoms with Gasteiger partial charge in [0.1, 0.15) is 6.54 Å². The second-order valence-electron chi connectivity index (χ2n) is 5.42. The van der Waals surface area contributed by atoms with Gasteiger partial charge in [-0.15, -0.1) is 0 Å². The average molecular weight is 302 g/mol. The maximum atomic E-state index is 12.4. The van der Waals surface area contributed by atoms with Gasteiger partial charge in [-0.2, -0.15) is 0 Å². The van der Waals surface area contributed by atoms with E-state index < -0.39 is 5.97 Å². The van der Waals surface area contributed by atoms with E-state index in [1.54, 1.807) is 30.5 Å². The molecule has 2 aromatic rings. The van der Waals surface area contributed by atoms with Gasteiger partial charge in [0.05, 0.1) is 6.20 Å². The molecule has 0 aliphatic heterocycles. The van der Waals surface area contributed by atoms with Gasteiger partial charge < -0.3 is 14.4 Å². The molecule has 0 saturated heterocycles. The molecule has 0 radical (unpaired) electrons. The van der Waals surface area contributed by atoms with Crippen LogP contribution in [0.5, 0.6) is 0 Å². The maximum Gasteiger partial charge on any atom is 0.323 e. The Balaban J connectivity index is 2.17. The molecule has 0 aliphatic carbocycles. The number of rotatable bonds is 6. The lowest BCUT2D eigenvalue weighted by Gasteiger charge is -2.22. The van der Waals surface area contributed by atoms with E-state index >= 15 is 0 Å². The summed E-state index contributed by atoms with van der Waals surface area (Å²) in [7, 11) is 0. The van der Waals surface area contributed by atoms with Gasteiger partial charge in [-0.25, -0.2) is 4.98 Å². The molecule has 0 saturated carbocycles. The molecular weight excluding hydrogens is 284 g/mol. The normalized spacial score (nSPS) is 10.7. The predicted molar refractivity (Wildman–Crippen MR) is 80.3 cm³/mol. The number of carbonyl (C=O) groups excluding carboxylic acids is 1. The third-order valence-electron chi connectivity index (χ3n) is 3.05. The van der Waals surface area contributed by atoms with E-state index in [1.165, 1.54) is 11.3 Å². The first-order chi connectivity index (χ1) is 10.5. The minimum atomic E-state index is -1.02. The number of hydrogen-bond donors (Lipinski definition) is 1. The van der Waals surface area contributed by atoms with Gasteiger partial charge in [0.15, 0.2) is 12.2 Å². The largest absolute Gasteiger partial charge is 0.480 e. The van der Waals surface area contributed by atoms with E-state index in [4.69, 9.17) is 9.52 Å². The molecule has 0 spiro atoms. The first-order valence-electron chi connectivity index (χ1n) is 6.97. The summed E-state index contributed by atoms with van der Waals surface area (Å²) >= 11 is 0. The SMILES string of the molecule is CC(C)CN(CC(=O)O)C(=O)c1ccc(-c2cnco2)cc1. The van der Waals surface area contributed by atoms with Gasteiger partial charge in [-0.05, 0) is 18.1 Å². The summed E-state index contributed by atoms with van der Waals surface area (Å²) in [5.74, 6) is -0.507. The fraction of sp³-hybridized carbons (Fsp3) is 0.312. The van der Waals surface area contributed by atoms with E-state index in [-0.39, 0.29) is 18.4 Å². The van der Waals surface area contributed by atoms with Crippen LogP contribution in [0.1, 0.15) is 24.2 Å². The van der Waals surface area contributed by atoms with Gasteiger partial charge in [-0.3, -0.25) is 9.59 Å². The van der Waals surface area contributed by atoms with Crippen molar-refractivity contribution in [2.75, 3.05) is 13.1 Å². The molecule has 0 fully saturated rings. The Morgan fingerprint density at radius 3 is 2.45 bits per heavy atom. The molecular formula is C16H18N2O4. The molecule has 1 aromatic carbocycles. The summed E-state index contributed by atoms with van der Waals surface area (Å²) in [5.41, 5.74) is 1.26. The zero-order valence-electron chi connectivity index (χ0n) is 12.5. The summed E-state index contributed by atoms with van der Waals surface area (Å²) in [4.78, 5) is 28.5. The quantitative estimate of drug-likeness (QED) is 0.886. The predicted octanol–water partition coefficient (Wildman–Crippen LogP) is 2.52. The van der Waals surface area contributed by atoms with E-state index in [9.17, 15) is 9.59 Å². The summed E-state index contributed by atoms with van der Waals surface area (Å²) in [5, 5.41) is 8.95. The van der Waals surface area contributed by atoms with Crippen molar-refractivity contribution in [3.05, 3.63) is 42.4 Å². The van der Waals surface area contributed by atoms with E-state index in [0.29, 0.717) is 17.9 Å². The smallest absolute Gasteiger partial charge is 0.323 e. The number of carboxylic acids is 1. The lowest BCUT2D eigenvalue weighted by Crippen LogP contribution is -2.38. The molecule has 6 nitrogen and oxygen atoms in total. The number of amides is 1. The second-order valence-corrected chi connectivity index (χ2v) is 5.42. The van der Waals surface area contributed by atoms with Crippen LogP contribution in [0.4, 0.5) is 0 Å². The summed E-state index contributed by atoms with van der Waals surface area (Å²) in [6.45, 7) is 3.97. The van der Waals surface area contributed by atoms with Gasteiger partial charge in [0.25, 0.3) is 5.91 Å². The van der Waals surface area contributed by atoms with Gasteiger partial charge >= 0.3 is 5.97 Å². The zero-order chi connectivity index (χ0) is 16.1. The van der Waals surface area contributed by atoms with Crippen LogP contribution in [-0.4, -0.2) is 40.0 Å². The first kappa shape index (κ1) is 15.8. The van der Waals surface area contributed by atoms with Crippen LogP contribution in [-0.2, 0) is 4.79 Å². The first-order valence-corrected chi connectivity index (χ1v) is 6.97. The highest BCUT2D eigenvalue weighted by Crippen LogP contribution is 2.19. The fourth-order valence-electron chi connectivity index (χ4n) is 2.14. The highest BCUT2D eigenvalue weighted by atomic mass is 16.4. The fourth-order valence-corrected chi connectivity index (χ4v) is 2.14. The Bertz CT molecular complexity index is 633. The molecule has 22 heavy (non-hydrogen) atoms. The molecule has 1 amide bonds. The summed E-state index contributed by atoms with van der Waals surface area (Å²) < 4.78 is 5.19. The van der Waals surface area contributed by atoms with Crippen molar-refractivity contribution in [1.29, 1.82) is 0 Å².